The molecule has 1 atom stereocenters. The lowest BCUT2D eigenvalue weighted by Crippen LogP contribution is -2.42. The van der Waals surface area contributed by atoms with Crippen LogP contribution in [-0.4, -0.2) is 21.1 Å². The van der Waals surface area contributed by atoms with E-state index in [9.17, 15) is 14.4 Å². The Bertz CT molecular complexity index is 1220. The Labute approximate surface area is 173 Å². The number of hydrogen-bond acceptors (Lipinski definition) is 4. The summed E-state index contributed by atoms with van der Waals surface area (Å²) in [5.74, 6) is -0.239. The molecular weight excluding hydrogens is 386 g/mol. The molecular formula is C22H27N3O3S. The number of nitrogens with zero attached hydrogens (tertiary/aromatic N) is 2. The number of nitrogens with one attached hydrogen (secondary N) is 1. The third kappa shape index (κ3) is 3.79. The lowest BCUT2D eigenvalue weighted by molar-refractivity contribution is -0.122. The highest BCUT2D eigenvalue weighted by molar-refractivity contribution is 7.18. The smallest absolute Gasteiger partial charge is 0.337 e. The van der Waals surface area contributed by atoms with E-state index in [-0.39, 0.29) is 24.1 Å². The molecule has 0 saturated heterocycles. The number of hydrogen-bond donors (Lipinski definition) is 1. The first kappa shape index (κ1) is 21.0. The Hall–Kier alpha value is -2.67. The molecule has 7 heteroatoms. The van der Waals surface area contributed by atoms with Gasteiger partial charge in [0.2, 0.25) is 5.91 Å². The van der Waals surface area contributed by atoms with Gasteiger partial charge in [0.1, 0.15) is 11.4 Å². The highest BCUT2D eigenvalue weighted by Gasteiger charge is 2.21. The van der Waals surface area contributed by atoms with E-state index in [1.807, 2.05) is 53.7 Å². The number of carbonyl (C=O) groups excluding carboxylic acids is 1. The minimum absolute atomic E-state index is 0.0196. The van der Waals surface area contributed by atoms with Gasteiger partial charge >= 0.3 is 5.69 Å². The van der Waals surface area contributed by atoms with Crippen LogP contribution in [0.3, 0.4) is 0 Å². The number of aryl methyl sites for hydroxylation is 4. The van der Waals surface area contributed by atoms with Gasteiger partial charge in [0, 0.05) is 10.9 Å². The van der Waals surface area contributed by atoms with Gasteiger partial charge in [0.15, 0.2) is 0 Å². The molecule has 154 valence electrons. The summed E-state index contributed by atoms with van der Waals surface area (Å²) >= 11 is 1.38. The van der Waals surface area contributed by atoms with E-state index in [4.69, 9.17) is 0 Å². The molecule has 2 aromatic heterocycles. The number of rotatable bonds is 5. The Morgan fingerprint density at radius 2 is 1.83 bits per heavy atom. The summed E-state index contributed by atoms with van der Waals surface area (Å²) in [6.07, 6.45) is 0.801. The Morgan fingerprint density at radius 3 is 2.45 bits per heavy atom. The van der Waals surface area contributed by atoms with Gasteiger partial charge in [-0.1, -0.05) is 13.0 Å². The van der Waals surface area contributed by atoms with Crippen LogP contribution in [0.25, 0.3) is 15.9 Å². The lowest BCUT2D eigenvalue weighted by atomic mass is 10.1. The first-order valence-corrected chi connectivity index (χ1v) is 10.6. The average Bonchev–Trinajstić information content (AvgIpc) is 2.96. The molecule has 1 amide bonds. The molecule has 0 aliphatic heterocycles. The van der Waals surface area contributed by atoms with Gasteiger partial charge in [-0.15, -0.1) is 11.3 Å². The van der Waals surface area contributed by atoms with Crippen molar-refractivity contribution in [1.82, 2.24) is 14.5 Å². The van der Waals surface area contributed by atoms with Crippen LogP contribution in [0.1, 0.15) is 41.8 Å². The van der Waals surface area contributed by atoms with E-state index in [0.717, 1.165) is 28.0 Å². The van der Waals surface area contributed by atoms with Crippen LogP contribution in [0.2, 0.25) is 0 Å². The molecule has 2 heterocycles. The zero-order chi connectivity index (χ0) is 21.5. The average molecular weight is 414 g/mol. The van der Waals surface area contributed by atoms with Crippen molar-refractivity contribution >= 4 is 27.5 Å². The fourth-order valence-electron chi connectivity index (χ4n) is 3.26. The fourth-order valence-corrected chi connectivity index (χ4v) is 4.40. The van der Waals surface area contributed by atoms with Gasteiger partial charge in [0.05, 0.1) is 11.1 Å². The number of aromatic nitrogens is 2. The standard InChI is InChI=1S/C22H27N3O3S/c1-7-14(4)23-18(26)11-24-21-19(15(5)16(6)29-21)20(27)25(22(24)28)17-9-8-12(2)13(3)10-17/h8-10,14H,7,11H2,1-6H3,(H,23,26)/t14-/m1/s1. The van der Waals surface area contributed by atoms with Crippen LogP contribution in [0, 0.1) is 27.7 Å². The van der Waals surface area contributed by atoms with Gasteiger partial charge in [0.25, 0.3) is 5.56 Å². The van der Waals surface area contributed by atoms with E-state index in [1.165, 1.54) is 20.5 Å². The summed E-state index contributed by atoms with van der Waals surface area (Å²) < 4.78 is 2.61. The molecule has 1 N–H and O–H groups in total. The molecule has 1 aromatic carbocycles. The van der Waals surface area contributed by atoms with Crippen LogP contribution in [0.5, 0.6) is 0 Å². The quantitative estimate of drug-likeness (QED) is 0.697. The Morgan fingerprint density at radius 1 is 1.14 bits per heavy atom. The van der Waals surface area contributed by atoms with E-state index >= 15 is 0 Å². The largest absolute Gasteiger partial charge is 0.352 e. The molecule has 6 nitrogen and oxygen atoms in total. The van der Waals surface area contributed by atoms with Crippen LogP contribution in [-0.2, 0) is 11.3 Å². The van der Waals surface area contributed by atoms with E-state index in [2.05, 4.69) is 5.32 Å². The minimum Gasteiger partial charge on any atom is -0.352 e. The first-order valence-electron chi connectivity index (χ1n) is 9.78. The number of fused-ring (bicyclic) bond motifs is 1. The zero-order valence-corrected chi connectivity index (χ0v) is 18.6. The van der Waals surface area contributed by atoms with Gasteiger partial charge in [-0.3, -0.25) is 14.2 Å². The summed E-state index contributed by atoms with van der Waals surface area (Å²) in [5.41, 5.74) is 2.61. The van der Waals surface area contributed by atoms with Crippen molar-refractivity contribution in [3.63, 3.8) is 0 Å². The van der Waals surface area contributed by atoms with Crippen molar-refractivity contribution in [1.29, 1.82) is 0 Å². The second kappa shape index (κ2) is 7.99. The van der Waals surface area contributed by atoms with Crippen molar-refractivity contribution in [3.05, 3.63) is 60.6 Å². The second-order valence-corrected chi connectivity index (χ2v) is 8.82. The third-order valence-electron chi connectivity index (χ3n) is 5.52. The van der Waals surface area contributed by atoms with Crippen LogP contribution in [0.15, 0.2) is 27.8 Å². The molecule has 0 unspecified atom stereocenters. The summed E-state index contributed by atoms with van der Waals surface area (Å²) in [7, 11) is 0. The van der Waals surface area contributed by atoms with Gasteiger partial charge < -0.3 is 5.32 Å². The maximum atomic E-state index is 13.4. The van der Waals surface area contributed by atoms with E-state index in [0.29, 0.717) is 15.9 Å². The monoisotopic (exact) mass is 413 g/mol. The molecule has 0 aliphatic rings. The van der Waals surface area contributed by atoms with Crippen molar-refractivity contribution in [2.24, 2.45) is 0 Å². The normalized spacial score (nSPS) is 12.3. The van der Waals surface area contributed by atoms with Crippen molar-refractivity contribution in [3.8, 4) is 5.69 Å². The highest BCUT2D eigenvalue weighted by Crippen LogP contribution is 2.27. The molecule has 29 heavy (non-hydrogen) atoms. The Kier molecular flexibility index (Phi) is 5.80. The molecule has 0 saturated carbocycles. The summed E-state index contributed by atoms with van der Waals surface area (Å²) in [6.45, 7) is 11.5. The topological polar surface area (TPSA) is 73.1 Å². The van der Waals surface area contributed by atoms with E-state index < -0.39 is 5.69 Å². The predicted octanol–water partition coefficient (Wildman–Crippen LogP) is 3.36. The van der Waals surface area contributed by atoms with Crippen LogP contribution in [0.4, 0.5) is 0 Å². The maximum absolute atomic E-state index is 13.4. The molecule has 0 bridgehead atoms. The van der Waals surface area contributed by atoms with Crippen LogP contribution >= 0.6 is 11.3 Å². The van der Waals surface area contributed by atoms with Gasteiger partial charge in [-0.25, -0.2) is 9.36 Å². The minimum atomic E-state index is -0.494. The summed E-state index contributed by atoms with van der Waals surface area (Å²) in [5, 5.41) is 3.40. The molecule has 0 radical (unpaired) electrons. The Balaban J connectivity index is 2.29. The number of carbonyl (C=O) groups is 1. The molecule has 3 rings (SSSR count). The van der Waals surface area contributed by atoms with Crippen LogP contribution < -0.4 is 16.6 Å². The number of thiophene rings is 1. The predicted molar refractivity (Wildman–Crippen MR) is 119 cm³/mol. The third-order valence-corrected chi connectivity index (χ3v) is 6.75. The second-order valence-electron chi connectivity index (χ2n) is 7.62. The fraction of sp³-hybridized carbons (Fsp3) is 0.409. The number of amides is 1. The van der Waals surface area contributed by atoms with Crippen molar-refractivity contribution < 1.29 is 4.79 Å². The highest BCUT2D eigenvalue weighted by atomic mass is 32.1. The SMILES string of the molecule is CC[C@@H](C)NC(=O)Cn1c(=O)n(-c2ccc(C)c(C)c2)c(=O)c2c(C)c(C)sc21. The van der Waals surface area contributed by atoms with E-state index in [1.54, 1.807) is 6.07 Å². The lowest BCUT2D eigenvalue weighted by Gasteiger charge is -2.15. The molecule has 3 aromatic rings. The van der Waals surface area contributed by atoms with Gasteiger partial charge in [-0.2, -0.15) is 0 Å². The van der Waals surface area contributed by atoms with Crippen molar-refractivity contribution in [2.45, 2.75) is 60.5 Å². The zero-order valence-electron chi connectivity index (χ0n) is 17.8. The molecule has 0 spiro atoms. The summed E-state index contributed by atoms with van der Waals surface area (Å²) in [6, 6.07) is 5.52. The molecule has 0 aliphatic carbocycles. The van der Waals surface area contributed by atoms with Gasteiger partial charge in [-0.05, 0) is 69.9 Å². The first-order chi connectivity index (χ1) is 13.6. The molecule has 0 fully saturated rings. The van der Waals surface area contributed by atoms with Crippen molar-refractivity contribution in [2.75, 3.05) is 0 Å². The maximum Gasteiger partial charge on any atom is 0.337 e. The number of benzene rings is 1. The summed E-state index contributed by atoms with van der Waals surface area (Å²) in [4.78, 5) is 40.7.